The summed E-state index contributed by atoms with van der Waals surface area (Å²) in [5.41, 5.74) is 0.994. The third-order valence-electron chi connectivity index (χ3n) is 3.82. The molecule has 0 amide bonds. The number of hydrogen-bond donors (Lipinski definition) is 1. The van der Waals surface area contributed by atoms with E-state index in [1.807, 2.05) is 12.1 Å². The van der Waals surface area contributed by atoms with Gasteiger partial charge in [0.1, 0.15) is 5.82 Å². The first-order valence-corrected chi connectivity index (χ1v) is 7.72. The van der Waals surface area contributed by atoms with Crippen LogP contribution in [0, 0.1) is 0 Å². The number of nitrogens with one attached hydrogen (secondary N) is 1. The van der Waals surface area contributed by atoms with Crippen LogP contribution in [0.4, 0.5) is 5.82 Å². The molecule has 0 aliphatic carbocycles. The Hall–Kier alpha value is -0.800. The van der Waals surface area contributed by atoms with Gasteiger partial charge in [-0.2, -0.15) is 0 Å². The maximum absolute atomic E-state index is 6.29. The highest BCUT2D eigenvalue weighted by Crippen LogP contribution is 2.22. The standard InChI is InChI=1S/C15H24ClN3/c1-3-17-15-9-8-13(16)14(18-15)11-19-10-6-4-5-7-12(19)2/h8-9,12H,3-7,10-11H2,1-2H3,(H,17,18). The monoisotopic (exact) mass is 281 g/mol. The average Bonchev–Trinajstić information content (AvgIpc) is 2.59. The minimum Gasteiger partial charge on any atom is -0.370 e. The molecule has 1 unspecified atom stereocenters. The summed E-state index contributed by atoms with van der Waals surface area (Å²) in [6.07, 6.45) is 5.26. The number of rotatable bonds is 4. The summed E-state index contributed by atoms with van der Waals surface area (Å²) >= 11 is 6.29. The van der Waals surface area contributed by atoms with Crippen LogP contribution in [0.1, 0.15) is 45.2 Å². The van der Waals surface area contributed by atoms with Crippen molar-refractivity contribution in [2.75, 3.05) is 18.4 Å². The maximum atomic E-state index is 6.29. The summed E-state index contributed by atoms with van der Waals surface area (Å²) in [5, 5.41) is 4.02. The highest BCUT2D eigenvalue weighted by atomic mass is 35.5. The Morgan fingerprint density at radius 2 is 2.21 bits per heavy atom. The minimum atomic E-state index is 0.628. The van der Waals surface area contributed by atoms with Crippen LogP contribution in [0.3, 0.4) is 0 Å². The molecule has 1 aliphatic heterocycles. The van der Waals surface area contributed by atoms with Gasteiger partial charge in [-0.1, -0.05) is 24.4 Å². The highest BCUT2D eigenvalue weighted by Gasteiger charge is 2.18. The van der Waals surface area contributed by atoms with Crippen molar-refractivity contribution in [3.63, 3.8) is 0 Å². The number of halogens is 1. The first-order chi connectivity index (χ1) is 9.20. The fourth-order valence-electron chi connectivity index (χ4n) is 2.64. The zero-order valence-corrected chi connectivity index (χ0v) is 12.7. The van der Waals surface area contributed by atoms with E-state index in [1.165, 1.54) is 25.7 Å². The third kappa shape index (κ3) is 4.08. The summed E-state index contributed by atoms with van der Waals surface area (Å²) in [6, 6.07) is 4.52. The Kier molecular flexibility index (Phi) is 5.46. The fourth-order valence-corrected chi connectivity index (χ4v) is 2.80. The van der Waals surface area contributed by atoms with Gasteiger partial charge in [-0.15, -0.1) is 0 Å². The van der Waals surface area contributed by atoms with Crippen LogP contribution in [0.25, 0.3) is 0 Å². The number of anilines is 1. The summed E-state index contributed by atoms with van der Waals surface area (Å²) in [6.45, 7) is 7.29. The number of likely N-dealkylation sites (tertiary alicyclic amines) is 1. The van der Waals surface area contributed by atoms with E-state index in [0.717, 1.165) is 36.2 Å². The number of aromatic nitrogens is 1. The van der Waals surface area contributed by atoms with Gasteiger partial charge in [0.25, 0.3) is 0 Å². The predicted octanol–water partition coefficient (Wildman–Crippen LogP) is 3.93. The van der Waals surface area contributed by atoms with Gasteiger partial charge in [0.05, 0.1) is 10.7 Å². The Bertz CT molecular complexity index is 408. The SMILES string of the molecule is CCNc1ccc(Cl)c(CN2CCCCCC2C)n1. The Labute approximate surface area is 121 Å². The zero-order valence-electron chi connectivity index (χ0n) is 12.0. The molecule has 1 aliphatic rings. The highest BCUT2D eigenvalue weighted by molar-refractivity contribution is 6.31. The summed E-state index contributed by atoms with van der Waals surface area (Å²) in [5.74, 6) is 0.921. The molecule has 1 fully saturated rings. The lowest BCUT2D eigenvalue weighted by Crippen LogP contribution is -2.32. The molecule has 0 aromatic carbocycles. The molecule has 19 heavy (non-hydrogen) atoms. The van der Waals surface area contributed by atoms with Gasteiger partial charge in [0.15, 0.2) is 0 Å². The van der Waals surface area contributed by atoms with E-state index in [2.05, 4.69) is 29.0 Å². The van der Waals surface area contributed by atoms with Gasteiger partial charge in [-0.25, -0.2) is 4.98 Å². The van der Waals surface area contributed by atoms with Gasteiger partial charge in [-0.05, 0) is 45.4 Å². The average molecular weight is 282 g/mol. The zero-order chi connectivity index (χ0) is 13.7. The molecule has 1 aromatic heterocycles. The van der Waals surface area contributed by atoms with Crippen LogP contribution in [-0.2, 0) is 6.54 Å². The molecule has 0 bridgehead atoms. The van der Waals surface area contributed by atoms with E-state index < -0.39 is 0 Å². The molecule has 0 radical (unpaired) electrons. The van der Waals surface area contributed by atoms with Crippen LogP contribution in [0.5, 0.6) is 0 Å². The molecule has 1 aromatic rings. The lowest BCUT2D eigenvalue weighted by molar-refractivity contribution is 0.202. The van der Waals surface area contributed by atoms with E-state index in [-0.39, 0.29) is 0 Å². The van der Waals surface area contributed by atoms with E-state index in [0.29, 0.717) is 6.04 Å². The van der Waals surface area contributed by atoms with Crippen LogP contribution in [0.15, 0.2) is 12.1 Å². The van der Waals surface area contributed by atoms with E-state index in [1.54, 1.807) is 0 Å². The van der Waals surface area contributed by atoms with Crippen LogP contribution in [0.2, 0.25) is 5.02 Å². The van der Waals surface area contributed by atoms with E-state index in [4.69, 9.17) is 11.6 Å². The van der Waals surface area contributed by atoms with Gasteiger partial charge in [0.2, 0.25) is 0 Å². The first-order valence-electron chi connectivity index (χ1n) is 7.34. The number of nitrogens with zero attached hydrogens (tertiary/aromatic N) is 2. The van der Waals surface area contributed by atoms with Gasteiger partial charge in [-0.3, -0.25) is 4.90 Å². The Balaban J connectivity index is 2.09. The van der Waals surface area contributed by atoms with Crippen molar-refractivity contribution in [2.24, 2.45) is 0 Å². The van der Waals surface area contributed by atoms with Gasteiger partial charge < -0.3 is 5.32 Å². The molecule has 1 saturated heterocycles. The van der Waals surface area contributed by atoms with Crippen molar-refractivity contribution in [2.45, 2.75) is 52.1 Å². The summed E-state index contributed by atoms with van der Waals surface area (Å²) in [4.78, 5) is 7.15. The van der Waals surface area contributed by atoms with E-state index >= 15 is 0 Å². The second kappa shape index (κ2) is 7.11. The van der Waals surface area contributed by atoms with Crippen LogP contribution in [-0.4, -0.2) is 29.0 Å². The lowest BCUT2D eigenvalue weighted by Gasteiger charge is -2.26. The Morgan fingerprint density at radius 1 is 1.37 bits per heavy atom. The molecular weight excluding hydrogens is 258 g/mol. The summed E-state index contributed by atoms with van der Waals surface area (Å²) < 4.78 is 0. The van der Waals surface area contributed by atoms with Crippen molar-refractivity contribution in [1.82, 2.24) is 9.88 Å². The largest absolute Gasteiger partial charge is 0.370 e. The van der Waals surface area contributed by atoms with Crippen LogP contribution < -0.4 is 5.32 Å². The normalized spacial score (nSPS) is 21.1. The molecule has 4 heteroatoms. The molecule has 3 nitrogen and oxygen atoms in total. The predicted molar refractivity (Wildman–Crippen MR) is 81.8 cm³/mol. The molecular formula is C15H24ClN3. The second-order valence-electron chi connectivity index (χ2n) is 5.32. The third-order valence-corrected chi connectivity index (χ3v) is 4.16. The Morgan fingerprint density at radius 3 is 3.00 bits per heavy atom. The van der Waals surface area contributed by atoms with Crippen molar-refractivity contribution in [3.05, 3.63) is 22.8 Å². The van der Waals surface area contributed by atoms with E-state index in [9.17, 15) is 0 Å². The number of hydrogen-bond acceptors (Lipinski definition) is 3. The molecule has 1 N–H and O–H groups in total. The quantitative estimate of drug-likeness (QED) is 0.906. The van der Waals surface area contributed by atoms with Gasteiger partial charge in [0, 0.05) is 19.1 Å². The fraction of sp³-hybridized carbons (Fsp3) is 0.667. The maximum Gasteiger partial charge on any atom is 0.126 e. The second-order valence-corrected chi connectivity index (χ2v) is 5.73. The summed E-state index contributed by atoms with van der Waals surface area (Å²) in [7, 11) is 0. The number of pyridine rings is 1. The van der Waals surface area contributed by atoms with Crippen molar-refractivity contribution in [3.8, 4) is 0 Å². The van der Waals surface area contributed by atoms with Crippen molar-refractivity contribution < 1.29 is 0 Å². The minimum absolute atomic E-state index is 0.628. The topological polar surface area (TPSA) is 28.2 Å². The molecule has 106 valence electrons. The molecule has 2 heterocycles. The smallest absolute Gasteiger partial charge is 0.126 e. The molecule has 0 saturated carbocycles. The van der Waals surface area contributed by atoms with Crippen molar-refractivity contribution >= 4 is 17.4 Å². The molecule has 0 spiro atoms. The molecule has 2 rings (SSSR count). The lowest BCUT2D eigenvalue weighted by atomic mass is 10.1. The first kappa shape index (κ1) is 14.6. The molecule has 1 atom stereocenters. The van der Waals surface area contributed by atoms with Crippen LogP contribution >= 0.6 is 11.6 Å². The van der Waals surface area contributed by atoms with Crippen molar-refractivity contribution in [1.29, 1.82) is 0 Å². The van der Waals surface area contributed by atoms with Gasteiger partial charge >= 0.3 is 0 Å².